The van der Waals surface area contributed by atoms with Gasteiger partial charge >= 0.3 is 0 Å². The number of fused-ring (bicyclic) bond motifs is 3. The lowest BCUT2D eigenvalue weighted by Crippen LogP contribution is -2.35. The number of aromatic nitrogens is 1. The molecule has 182 valence electrons. The van der Waals surface area contributed by atoms with Gasteiger partial charge in [-0.3, -0.25) is 9.59 Å². The standard InChI is InChI=1S/C26H28N4O4S/c1-33-15-11-27-25(31)22-16-18-10-13-30(21-8-3-2-6-19(21)24(18)35-22)26(32)20-7-4-9-23(28-20)29-12-5-14-34-17-29/h2-4,6-9,16H,5,10-15,17H2,1H3,(H,27,31). The van der Waals surface area contributed by atoms with Crippen molar-refractivity contribution < 1.29 is 19.1 Å². The lowest BCUT2D eigenvalue weighted by molar-refractivity contribution is 0.0939. The van der Waals surface area contributed by atoms with Crippen LogP contribution in [0, 0.1) is 0 Å². The number of pyridine rings is 1. The predicted octanol–water partition coefficient (Wildman–Crippen LogP) is 3.57. The molecule has 2 aliphatic heterocycles. The number of thiophene rings is 1. The maximum Gasteiger partial charge on any atom is 0.276 e. The Morgan fingerprint density at radius 2 is 2.06 bits per heavy atom. The van der Waals surface area contributed by atoms with Crippen molar-refractivity contribution in [2.45, 2.75) is 12.8 Å². The zero-order valence-corrected chi connectivity index (χ0v) is 20.5. The van der Waals surface area contributed by atoms with Gasteiger partial charge in [0.25, 0.3) is 11.8 Å². The summed E-state index contributed by atoms with van der Waals surface area (Å²) in [6.07, 6.45) is 1.59. The van der Waals surface area contributed by atoms with Crippen molar-refractivity contribution in [3.8, 4) is 10.4 Å². The number of rotatable bonds is 6. The first-order valence-electron chi connectivity index (χ1n) is 11.8. The Labute approximate surface area is 208 Å². The third-order valence-electron chi connectivity index (χ3n) is 6.16. The van der Waals surface area contributed by atoms with Gasteiger partial charge in [0, 0.05) is 37.2 Å². The Morgan fingerprint density at radius 1 is 1.17 bits per heavy atom. The first-order valence-corrected chi connectivity index (χ1v) is 12.6. The maximum atomic E-state index is 13.7. The van der Waals surface area contributed by atoms with E-state index in [1.54, 1.807) is 18.1 Å². The fraction of sp³-hybridized carbons (Fsp3) is 0.346. The van der Waals surface area contributed by atoms with Gasteiger partial charge in [-0.2, -0.15) is 0 Å². The first kappa shape index (κ1) is 23.5. The summed E-state index contributed by atoms with van der Waals surface area (Å²) in [6.45, 7) is 3.53. The van der Waals surface area contributed by atoms with Crippen molar-refractivity contribution in [2.24, 2.45) is 0 Å². The van der Waals surface area contributed by atoms with Crippen molar-refractivity contribution in [1.82, 2.24) is 10.3 Å². The highest BCUT2D eigenvalue weighted by Crippen LogP contribution is 2.41. The van der Waals surface area contributed by atoms with Gasteiger partial charge in [0.15, 0.2) is 0 Å². The van der Waals surface area contributed by atoms with Crippen LogP contribution in [0.15, 0.2) is 48.5 Å². The zero-order valence-electron chi connectivity index (χ0n) is 19.7. The van der Waals surface area contributed by atoms with Crippen molar-refractivity contribution in [3.05, 3.63) is 64.7 Å². The van der Waals surface area contributed by atoms with Gasteiger partial charge < -0.3 is 24.6 Å². The van der Waals surface area contributed by atoms with E-state index in [0.717, 1.165) is 47.1 Å². The molecular weight excluding hydrogens is 464 g/mol. The molecule has 1 fully saturated rings. The maximum absolute atomic E-state index is 13.7. The highest BCUT2D eigenvalue weighted by Gasteiger charge is 2.28. The van der Waals surface area contributed by atoms with Crippen LogP contribution in [0.3, 0.4) is 0 Å². The van der Waals surface area contributed by atoms with E-state index in [9.17, 15) is 9.59 Å². The Bertz CT molecular complexity index is 1220. The molecule has 8 nitrogen and oxygen atoms in total. The number of amides is 2. The Balaban J connectivity index is 1.43. The summed E-state index contributed by atoms with van der Waals surface area (Å²) < 4.78 is 10.6. The molecule has 0 unspecified atom stereocenters. The topological polar surface area (TPSA) is 84.0 Å². The summed E-state index contributed by atoms with van der Waals surface area (Å²) in [7, 11) is 1.61. The molecule has 0 bridgehead atoms. The summed E-state index contributed by atoms with van der Waals surface area (Å²) in [4.78, 5) is 36.5. The molecule has 2 amide bonds. The van der Waals surface area contributed by atoms with Crippen molar-refractivity contribution in [3.63, 3.8) is 0 Å². The van der Waals surface area contributed by atoms with E-state index in [-0.39, 0.29) is 11.8 Å². The molecular formula is C26H28N4O4S. The molecule has 4 heterocycles. The smallest absolute Gasteiger partial charge is 0.276 e. The van der Waals surface area contributed by atoms with Crippen LogP contribution in [0.1, 0.15) is 32.1 Å². The molecule has 2 aliphatic rings. The Hall–Kier alpha value is -3.27. The Kier molecular flexibility index (Phi) is 7.08. The van der Waals surface area contributed by atoms with Gasteiger partial charge in [-0.05, 0) is 42.7 Å². The van der Waals surface area contributed by atoms with Crippen molar-refractivity contribution >= 4 is 34.7 Å². The minimum absolute atomic E-state index is 0.103. The second-order valence-corrected chi connectivity index (χ2v) is 9.53. The molecule has 1 N–H and O–H groups in total. The molecule has 0 radical (unpaired) electrons. The fourth-order valence-electron chi connectivity index (χ4n) is 4.41. The lowest BCUT2D eigenvalue weighted by atomic mass is 10.1. The molecule has 0 saturated carbocycles. The van der Waals surface area contributed by atoms with Crippen LogP contribution in [0.5, 0.6) is 0 Å². The third-order valence-corrected chi connectivity index (χ3v) is 7.36. The molecule has 0 aliphatic carbocycles. The normalized spacial score (nSPS) is 15.2. The number of benzene rings is 1. The Morgan fingerprint density at radius 3 is 2.89 bits per heavy atom. The van der Waals surface area contributed by atoms with Crippen LogP contribution in [0.2, 0.25) is 0 Å². The zero-order chi connectivity index (χ0) is 24.2. The summed E-state index contributed by atoms with van der Waals surface area (Å²) >= 11 is 1.46. The molecule has 5 rings (SSSR count). The molecule has 2 aromatic heterocycles. The number of nitrogens with zero attached hydrogens (tertiary/aromatic N) is 3. The molecule has 9 heteroatoms. The number of ether oxygens (including phenoxy) is 2. The highest BCUT2D eigenvalue weighted by atomic mass is 32.1. The number of anilines is 2. The summed E-state index contributed by atoms with van der Waals surface area (Å²) in [5.41, 5.74) is 3.26. The van der Waals surface area contributed by atoms with Crippen LogP contribution < -0.4 is 15.1 Å². The molecule has 0 spiro atoms. The molecule has 1 saturated heterocycles. The van der Waals surface area contributed by atoms with Gasteiger partial charge in [0.05, 0.1) is 23.8 Å². The largest absolute Gasteiger partial charge is 0.383 e. The number of hydrogen-bond donors (Lipinski definition) is 1. The SMILES string of the molecule is COCCNC(=O)c1cc2c(s1)-c1ccccc1N(C(=O)c1cccc(N3CCCOC3)n1)CC2. The minimum Gasteiger partial charge on any atom is -0.383 e. The van der Waals surface area contributed by atoms with Gasteiger partial charge in [-0.25, -0.2) is 4.98 Å². The van der Waals surface area contributed by atoms with Gasteiger partial charge in [0.2, 0.25) is 0 Å². The van der Waals surface area contributed by atoms with Gasteiger partial charge in [0.1, 0.15) is 18.2 Å². The lowest BCUT2D eigenvalue weighted by Gasteiger charge is -2.28. The average Bonchev–Trinajstić information content (AvgIpc) is 3.27. The van der Waals surface area contributed by atoms with Crippen LogP contribution in [-0.4, -0.2) is 63.5 Å². The fourth-order valence-corrected chi connectivity index (χ4v) is 5.57. The number of nitrogens with one attached hydrogen (secondary N) is 1. The van der Waals surface area contributed by atoms with E-state index in [4.69, 9.17) is 9.47 Å². The molecule has 1 aromatic carbocycles. The number of hydrogen-bond acceptors (Lipinski definition) is 7. The van der Waals surface area contributed by atoms with Crippen LogP contribution in [-0.2, 0) is 15.9 Å². The van der Waals surface area contributed by atoms with Crippen molar-refractivity contribution in [1.29, 1.82) is 0 Å². The number of para-hydroxylation sites is 1. The van der Waals surface area contributed by atoms with E-state index < -0.39 is 0 Å². The van der Waals surface area contributed by atoms with E-state index >= 15 is 0 Å². The van der Waals surface area contributed by atoms with Gasteiger partial charge in [-0.1, -0.05) is 24.3 Å². The van der Waals surface area contributed by atoms with E-state index in [2.05, 4.69) is 10.3 Å². The van der Waals surface area contributed by atoms with E-state index in [1.807, 2.05) is 47.4 Å². The van der Waals surface area contributed by atoms with Gasteiger partial charge in [-0.15, -0.1) is 11.3 Å². The number of carbonyl (C=O) groups excluding carboxylic acids is 2. The second kappa shape index (κ2) is 10.6. The van der Waals surface area contributed by atoms with E-state index in [0.29, 0.717) is 43.4 Å². The molecule has 0 atom stereocenters. The molecule has 35 heavy (non-hydrogen) atoms. The van der Waals surface area contributed by atoms with Crippen LogP contribution in [0.4, 0.5) is 11.5 Å². The van der Waals surface area contributed by atoms with E-state index in [1.165, 1.54) is 11.3 Å². The average molecular weight is 493 g/mol. The minimum atomic E-state index is -0.134. The van der Waals surface area contributed by atoms with Crippen LogP contribution in [0.25, 0.3) is 10.4 Å². The number of methoxy groups -OCH3 is 1. The monoisotopic (exact) mass is 492 g/mol. The second-order valence-electron chi connectivity index (χ2n) is 8.47. The molecule has 3 aromatic rings. The van der Waals surface area contributed by atoms with Crippen molar-refractivity contribution in [2.75, 3.05) is 56.5 Å². The third kappa shape index (κ3) is 4.93. The summed E-state index contributed by atoms with van der Waals surface area (Å²) in [5.74, 6) is 0.514. The van der Waals surface area contributed by atoms with Crippen LogP contribution >= 0.6 is 11.3 Å². The highest BCUT2D eigenvalue weighted by molar-refractivity contribution is 7.17. The first-order chi connectivity index (χ1) is 17.2. The summed E-state index contributed by atoms with van der Waals surface area (Å²) in [5, 5.41) is 2.89. The summed E-state index contributed by atoms with van der Waals surface area (Å²) in [6, 6.07) is 15.4. The quantitative estimate of drug-likeness (QED) is 0.530. The predicted molar refractivity (Wildman–Crippen MR) is 136 cm³/mol. The number of carbonyl (C=O) groups is 2.